The number of rotatable bonds is 5. The Morgan fingerprint density at radius 1 is 1.15 bits per heavy atom. The van der Waals surface area contributed by atoms with Crippen LogP contribution < -0.4 is 10.6 Å². The average Bonchev–Trinajstić information content (AvgIpc) is 3.02. The minimum Gasteiger partial charge on any atom is -0.444 e. The van der Waals surface area contributed by atoms with Crippen molar-refractivity contribution in [1.82, 2.24) is 10.6 Å². The van der Waals surface area contributed by atoms with Crippen molar-refractivity contribution in [2.45, 2.75) is 46.3 Å². The number of aryl methyl sites for hydroxylation is 1. The third-order valence-corrected chi connectivity index (χ3v) is 4.48. The van der Waals surface area contributed by atoms with Crippen LogP contribution >= 0.6 is 11.3 Å². The number of benzene rings is 1. The molecular formula is C20H26N2O3S. The molecule has 26 heavy (non-hydrogen) atoms. The van der Waals surface area contributed by atoms with Gasteiger partial charge in [-0.2, -0.15) is 0 Å². The number of hydrogen-bond acceptors (Lipinski definition) is 4. The Morgan fingerprint density at radius 3 is 2.42 bits per heavy atom. The smallest absolute Gasteiger partial charge is 0.407 e. The molecule has 0 aliphatic heterocycles. The zero-order valence-electron chi connectivity index (χ0n) is 15.9. The van der Waals surface area contributed by atoms with Crippen molar-refractivity contribution in [3.8, 4) is 11.1 Å². The van der Waals surface area contributed by atoms with Crippen LogP contribution in [0.2, 0.25) is 0 Å². The molecule has 0 saturated carbocycles. The van der Waals surface area contributed by atoms with E-state index < -0.39 is 11.7 Å². The number of carbonyl (C=O) groups is 2. The maximum Gasteiger partial charge on any atom is 0.407 e. The maximum absolute atomic E-state index is 12.6. The van der Waals surface area contributed by atoms with Gasteiger partial charge in [0.25, 0.3) is 5.91 Å². The SMILES string of the molecule is Cc1ccc(-c2ccsc2C(=O)N[C@H](C)CNC(=O)OC(C)(C)C)cc1. The maximum atomic E-state index is 12.6. The van der Waals surface area contributed by atoms with Gasteiger partial charge < -0.3 is 15.4 Å². The van der Waals surface area contributed by atoms with Crippen molar-refractivity contribution in [3.63, 3.8) is 0 Å². The highest BCUT2D eigenvalue weighted by atomic mass is 32.1. The minimum atomic E-state index is -0.545. The fourth-order valence-electron chi connectivity index (χ4n) is 2.34. The summed E-state index contributed by atoms with van der Waals surface area (Å²) >= 11 is 1.41. The fraction of sp³-hybridized carbons (Fsp3) is 0.400. The van der Waals surface area contributed by atoms with Crippen LogP contribution in [0.4, 0.5) is 4.79 Å². The molecule has 0 fully saturated rings. The van der Waals surface area contributed by atoms with Crippen LogP contribution in [0.5, 0.6) is 0 Å². The van der Waals surface area contributed by atoms with Crippen LogP contribution in [0, 0.1) is 6.92 Å². The zero-order chi connectivity index (χ0) is 19.3. The molecular weight excluding hydrogens is 348 g/mol. The second kappa shape index (κ2) is 8.36. The molecule has 0 aliphatic carbocycles. The van der Waals surface area contributed by atoms with Crippen molar-refractivity contribution in [1.29, 1.82) is 0 Å². The molecule has 1 aromatic heterocycles. The first-order valence-corrected chi connectivity index (χ1v) is 9.46. The first kappa shape index (κ1) is 20.0. The number of thiophene rings is 1. The van der Waals surface area contributed by atoms with E-state index in [1.54, 1.807) is 20.8 Å². The van der Waals surface area contributed by atoms with E-state index >= 15 is 0 Å². The molecule has 0 saturated heterocycles. The van der Waals surface area contributed by atoms with Crippen LogP contribution in [-0.4, -0.2) is 30.2 Å². The lowest BCUT2D eigenvalue weighted by molar-refractivity contribution is 0.0521. The molecule has 2 rings (SSSR count). The Kier molecular flexibility index (Phi) is 6.42. The first-order valence-electron chi connectivity index (χ1n) is 8.58. The average molecular weight is 375 g/mol. The molecule has 0 bridgehead atoms. The van der Waals surface area contributed by atoms with E-state index in [4.69, 9.17) is 4.74 Å². The van der Waals surface area contributed by atoms with Gasteiger partial charge in [-0.05, 0) is 51.6 Å². The van der Waals surface area contributed by atoms with Crippen LogP contribution in [0.15, 0.2) is 35.7 Å². The summed E-state index contributed by atoms with van der Waals surface area (Å²) in [7, 11) is 0. The highest BCUT2D eigenvalue weighted by Crippen LogP contribution is 2.28. The van der Waals surface area contributed by atoms with E-state index in [9.17, 15) is 9.59 Å². The number of carbonyl (C=O) groups excluding carboxylic acids is 2. The normalized spacial score (nSPS) is 12.3. The van der Waals surface area contributed by atoms with Crippen molar-refractivity contribution in [2.75, 3.05) is 6.54 Å². The van der Waals surface area contributed by atoms with Gasteiger partial charge in [-0.3, -0.25) is 4.79 Å². The number of alkyl carbamates (subject to hydrolysis) is 1. The van der Waals surface area contributed by atoms with Crippen LogP contribution in [0.3, 0.4) is 0 Å². The summed E-state index contributed by atoms with van der Waals surface area (Å²) in [5.41, 5.74) is 2.56. The predicted octanol–water partition coefficient (Wildman–Crippen LogP) is 4.37. The van der Waals surface area contributed by atoms with Gasteiger partial charge in [-0.15, -0.1) is 11.3 Å². The van der Waals surface area contributed by atoms with E-state index in [2.05, 4.69) is 10.6 Å². The molecule has 5 nitrogen and oxygen atoms in total. The molecule has 0 unspecified atom stereocenters. The van der Waals surface area contributed by atoms with Crippen LogP contribution in [-0.2, 0) is 4.74 Å². The first-order chi connectivity index (χ1) is 12.2. The lowest BCUT2D eigenvalue weighted by Gasteiger charge is -2.21. The molecule has 1 aromatic carbocycles. The number of amides is 2. The predicted molar refractivity (Wildman–Crippen MR) is 106 cm³/mol. The fourth-order valence-corrected chi connectivity index (χ4v) is 3.16. The topological polar surface area (TPSA) is 67.4 Å². The van der Waals surface area contributed by atoms with Gasteiger partial charge in [-0.25, -0.2) is 4.79 Å². The van der Waals surface area contributed by atoms with Crippen molar-refractivity contribution < 1.29 is 14.3 Å². The third-order valence-electron chi connectivity index (χ3n) is 3.56. The molecule has 0 spiro atoms. The summed E-state index contributed by atoms with van der Waals surface area (Å²) in [5, 5.41) is 7.50. The number of hydrogen-bond donors (Lipinski definition) is 2. The van der Waals surface area contributed by atoms with Gasteiger partial charge in [0.05, 0.1) is 4.88 Å². The van der Waals surface area contributed by atoms with E-state index in [-0.39, 0.29) is 11.9 Å². The van der Waals surface area contributed by atoms with E-state index in [0.717, 1.165) is 11.1 Å². The van der Waals surface area contributed by atoms with Gasteiger partial charge in [0, 0.05) is 18.2 Å². The molecule has 2 amide bonds. The Morgan fingerprint density at radius 2 is 1.81 bits per heavy atom. The van der Waals surface area contributed by atoms with Crippen LogP contribution in [0.1, 0.15) is 42.9 Å². The minimum absolute atomic E-state index is 0.144. The van der Waals surface area contributed by atoms with Crippen LogP contribution in [0.25, 0.3) is 11.1 Å². The van der Waals surface area contributed by atoms with E-state index in [1.807, 2.05) is 49.6 Å². The van der Waals surface area contributed by atoms with Gasteiger partial charge in [-0.1, -0.05) is 29.8 Å². The van der Waals surface area contributed by atoms with Gasteiger partial charge in [0.2, 0.25) is 0 Å². The summed E-state index contributed by atoms with van der Waals surface area (Å²) in [4.78, 5) is 25.0. The largest absolute Gasteiger partial charge is 0.444 e. The summed E-state index contributed by atoms with van der Waals surface area (Å²) in [6.07, 6.45) is -0.491. The van der Waals surface area contributed by atoms with Crippen molar-refractivity contribution in [3.05, 3.63) is 46.2 Å². The molecule has 2 aromatic rings. The highest BCUT2D eigenvalue weighted by molar-refractivity contribution is 7.12. The summed E-state index contributed by atoms with van der Waals surface area (Å²) in [5.74, 6) is -0.144. The van der Waals surface area contributed by atoms with Gasteiger partial charge >= 0.3 is 6.09 Å². The summed E-state index contributed by atoms with van der Waals surface area (Å²) in [6, 6.07) is 9.82. The lowest BCUT2D eigenvalue weighted by atomic mass is 10.0. The molecule has 0 aliphatic rings. The second-order valence-electron chi connectivity index (χ2n) is 7.29. The zero-order valence-corrected chi connectivity index (χ0v) is 16.7. The third kappa shape index (κ3) is 5.88. The van der Waals surface area contributed by atoms with Gasteiger partial charge in [0.15, 0.2) is 0 Å². The van der Waals surface area contributed by atoms with Gasteiger partial charge in [0.1, 0.15) is 5.60 Å². The highest BCUT2D eigenvalue weighted by Gasteiger charge is 2.19. The lowest BCUT2D eigenvalue weighted by Crippen LogP contribution is -2.43. The summed E-state index contributed by atoms with van der Waals surface area (Å²) < 4.78 is 5.19. The molecule has 2 N–H and O–H groups in total. The quantitative estimate of drug-likeness (QED) is 0.817. The van der Waals surface area contributed by atoms with E-state index in [0.29, 0.717) is 11.4 Å². The monoisotopic (exact) mass is 374 g/mol. The Bertz CT molecular complexity index is 760. The van der Waals surface area contributed by atoms with Crippen molar-refractivity contribution in [2.24, 2.45) is 0 Å². The Balaban J connectivity index is 1.95. The molecule has 0 radical (unpaired) electrons. The molecule has 1 atom stereocenters. The Labute approximate surface area is 158 Å². The molecule has 6 heteroatoms. The number of ether oxygens (including phenoxy) is 1. The molecule has 140 valence electrons. The standard InChI is InChI=1S/C20H26N2O3S/c1-13-6-8-15(9-7-13)16-10-11-26-17(16)18(23)22-14(2)12-21-19(24)25-20(3,4)5/h6-11,14H,12H2,1-5H3,(H,21,24)(H,22,23)/t14-/m1/s1. The number of nitrogens with one attached hydrogen (secondary N) is 2. The summed E-state index contributed by atoms with van der Waals surface area (Å²) in [6.45, 7) is 9.59. The molecule has 1 heterocycles. The van der Waals surface area contributed by atoms with E-state index in [1.165, 1.54) is 16.9 Å². The Hall–Kier alpha value is -2.34. The second-order valence-corrected chi connectivity index (χ2v) is 8.20. The van der Waals surface area contributed by atoms with Crippen molar-refractivity contribution >= 4 is 23.3 Å².